The monoisotopic (exact) mass is 332 g/mol. The molecule has 0 spiro atoms. The van der Waals surface area contributed by atoms with Gasteiger partial charge in [-0.25, -0.2) is 9.97 Å². The number of nitrogens with zero attached hydrogens (tertiary/aromatic N) is 4. The van der Waals surface area contributed by atoms with Gasteiger partial charge in [0.15, 0.2) is 0 Å². The normalized spacial score (nSPS) is 20.0. The first kappa shape index (κ1) is 16.7. The van der Waals surface area contributed by atoms with Crippen LogP contribution in [0.2, 0.25) is 0 Å². The zero-order valence-electron chi connectivity index (χ0n) is 14.1. The van der Waals surface area contributed by atoms with Crippen molar-refractivity contribution in [3.63, 3.8) is 0 Å². The maximum absolute atomic E-state index is 12.7. The van der Waals surface area contributed by atoms with Crippen LogP contribution in [0.5, 0.6) is 6.01 Å². The van der Waals surface area contributed by atoms with Crippen molar-refractivity contribution in [2.24, 2.45) is 5.92 Å². The van der Waals surface area contributed by atoms with Crippen LogP contribution in [0.25, 0.3) is 0 Å². The van der Waals surface area contributed by atoms with E-state index >= 15 is 0 Å². The largest absolute Gasteiger partial charge is 0.460 e. The minimum absolute atomic E-state index is 0.0514. The van der Waals surface area contributed by atoms with Crippen molar-refractivity contribution in [3.05, 3.63) is 18.5 Å². The number of ether oxygens (including phenoxy) is 1. The van der Waals surface area contributed by atoms with E-state index in [9.17, 15) is 9.59 Å². The maximum Gasteiger partial charge on any atom is 0.316 e. The summed E-state index contributed by atoms with van der Waals surface area (Å²) in [4.78, 5) is 35.9. The highest BCUT2D eigenvalue weighted by Gasteiger charge is 2.31. The van der Waals surface area contributed by atoms with E-state index in [0.29, 0.717) is 32.2 Å². The van der Waals surface area contributed by atoms with Gasteiger partial charge in [0.1, 0.15) is 6.10 Å². The number of rotatable bonds is 3. The number of carbonyl (C=O) groups excluding carboxylic acids is 2. The van der Waals surface area contributed by atoms with Gasteiger partial charge in [-0.15, -0.1) is 0 Å². The molecule has 2 aliphatic rings. The number of likely N-dealkylation sites (tertiary alicyclic amines) is 2. The quantitative estimate of drug-likeness (QED) is 0.829. The molecule has 2 aliphatic heterocycles. The summed E-state index contributed by atoms with van der Waals surface area (Å²) in [7, 11) is 0. The van der Waals surface area contributed by atoms with Gasteiger partial charge >= 0.3 is 6.01 Å². The van der Waals surface area contributed by atoms with E-state index in [1.807, 2.05) is 9.80 Å². The minimum Gasteiger partial charge on any atom is -0.460 e. The van der Waals surface area contributed by atoms with Crippen LogP contribution in [-0.2, 0) is 9.59 Å². The Balaban J connectivity index is 1.45. The average molecular weight is 332 g/mol. The Hall–Kier alpha value is -2.18. The molecule has 0 N–H and O–H groups in total. The summed E-state index contributed by atoms with van der Waals surface area (Å²) in [6, 6.07) is 2.16. The van der Waals surface area contributed by atoms with Crippen molar-refractivity contribution in [1.82, 2.24) is 19.8 Å². The summed E-state index contributed by atoms with van der Waals surface area (Å²) in [5, 5.41) is 0. The Labute approximate surface area is 142 Å². The first-order chi connectivity index (χ1) is 11.6. The van der Waals surface area contributed by atoms with Gasteiger partial charge in [0.05, 0.1) is 0 Å². The van der Waals surface area contributed by atoms with Gasteiger partial charge in [-0.2, -0.15) is 0 Å². The summed E-state index contributed by atoms with van der Waals surface area (Å²) in [5.41, 5.74) is 0. The molecule has 0 radical (unpaired) electrons. The molecule has 7 nitrogen and oxygen atoms in total. The van der Waals surface area contributed by atoms with Crippen molar-refractivity contribution in [1.29, 1.82) is 0 Å². The molecule has 3 heterocycles. The third-order valence-electron chi connectivity index (χ3n) is 4.86. The van der Waals surface area contributed by atoms with Gasteiger partial charge in [-0.1, -0.05) is 0 Å². The van der Waals surface area contributed by atoms with Crippen molar-refractivity contribution in [2.75, 3.05) is 26.2 Å². The Bertz CT molecular complexity index is 564. The Morgan fingerprint density at radius 3 is 2.17 bits per heavy atom. The lowest BCUT2D eigenvalue weighted by atomic mass is 9.94. The van der Waals surface area contributed by atoms with Crippen LogP contribution in [0.15, 0.2) is 18.5 Å². The summed E-state index contributed by atoms with van der Waals surface area (Å²) < 4.78 is 5.76. The molecule has 0 unspecified atom stereocenters. The highest BCUT2D eigenvalue weighted by atomic mass is 16.5. The third kappa shape index (κ3) is 4.01. The van der Waals surface area contributed by atoms with E-state index in [4.69, 9.17) is 4.74 Å². The summed E-state index contributed by atoms with van der Waals surface area (Å²) in [5.74, 6) is 0.380. The molecule has 2 fully saturated rings. The molecule has 0 saturated carbocycles. The van der Waals surface area contributed by atoms with Gasteiger partial charge in [-0.3, -0.25) is 9.59 Å². The first-order valence-electron chi connectivity index (χ1n) is 8.61. The molecule has 3 rings (SSSR count). The summed E-state index contributed by atoms with van der Waals surface area (Å²) in [6.45, 7) is 4.39. The fourth-order valence-electron chi connectivity index (χ4n) is 3.39. The van der Waals surface area contributed by atoms with Gasteiger partial charge in [0.25, 0.3) is 0 Å². The van der Waals surface area contributed by atoms with Crippen LogP contribution in [0, 0.1) is 5.92 Å². The molecule has 1 aromatic heterocycles. The van der Waals surface area contributed by atoms with E-state index in [1.54, 1.807) is 25.4 Å². The van der Waals surface area contributed by atoms with Crippen molar-refractivity contribution in [2.45, 2.75) is 38.7 Å². The van der Waals surface area contributed by atoms with Crippen molar-refractivity contribution < 1.29 is 14.3 Å². The predicted octanol–water partition coefficient (Wildman–Crippen LogP) is 1.10. The van der Waals surface area contributed by atoms with E-state index in [2.05, 4.69) is 9.97 Å². The lowest BCUT2D eigenvalue weighted by Crippen LogP contribution is -2.47. The zero-order chi connectivity index (χ0) is 16.9. The van der Waals surface area contributed by atoms with E-state index < -0.39 is 0 Å². The van der Waals surface area contributed by atoms with Gasteiger partial charge in [0.2, 0.25) is 11.8 Å². The molecule has 7 heteroatoms. The van der Waals surface area contributed by atoms with E-state index in [-0.39, 0.29) is 23.8 Å². The molecule has 0 aromatic carbocycles. The highest BCUT2D eigenvalue weighted by Crippen LogP contribution is 2.23. The molecule has 2 amide bonds. The summed E-state index contributed by atoms with van der Waals surface area (Å²) in [6.07, 6.45) is 6.53. The van der Waals surface area contributed by atoms with E-state index in [0.717, 1.165) is 25.7 Å². The van der Waals surface area contributed by atoms with Crippen LogP contribution in [0.3, 0.4) is 0 Å². The topological polar surface area (TPSA) is 75.6 Å². The fraction of sp³-hybridized carbons (Fsp3) is 0.647. The molecule has 130 valence electrons. The fourth-order valence-corrected chi connectivity index (χ4v) is 3.39. The van der Waals surface area contributed by atoms with Crippen LogP contribution in [0.1, 0.15) is 32.6 Å². The number of piperidine rings is 2. The molecular formula is C17H24N4O3. The number of hydrogen-bond acceptors (Lipinski definition) is 5. The van der Waals surface area contributed by atoms with Crippen LogP contribution in [0.4, 0.5) is 0 Å². The van der Waals surface area contributed by atoms with Crippen LogP contribution >= 0.6 is 0 Å². The van der Waals surface area contributed by atoms with Crippen molar-refractivity contribution >= 4 is 11.8 Å². The van der Waals surface area contributed by atoms with Gasteiger partial charge in [-0.05, 0) is 18.9 Å². The molecular weight excluding hydrogens is 308 g/mol. The smallest absolute Gasteiger partial charge is 0.316 e. The Morgan fingerprint density at radius 2 is 1.58 bits per heavy atom. The van der Waals surface area contributed by atoms with Gasteiger partial charge < -0.3 is 14.5 Å². The van der Waals surface area contributed by atoms with E-state index in [1.165, 1.54) is 0 Å². The third-order valence-corrected chi connectivity index (χ3v) is 4.86. The second-order valence-electron chi connectivity index (χ2n) is 6.45. The lowest BCUT2D eigenvalue weighted by Gasteiger charge is -2.36. The zero-order valence-corrected chi connectivity index (χ0v) is 14.1. The number of carbonyl (C=O) groups is 2. The minimum atomic E-state index is 0.0514. The Morgan fingerprint density at radius 1 is 1.00 bits per heavy atom. The van der Waals surface area contributed by atoms with Gasteiger partial charge in [0, 0.05) is 64.3 Å². The highest BCUT2D eigenvalue weighted by molar-refractivity contribution is 5.79. The second-order valence-corrected chi connectivity index (χ2v) is 6.45. The van der Waals surface area contributed by atoms with Crippen molar-refractivity contribution in [3.8, 4) is 6.01 Å². The standard InChI is InChI=1S/C17H24N4O3/c1-13(22)20-9-3-14(4-10-20)16(23)21-11-5-15(6-12-21)24-17-18-7-2-8-19-17/h2,7-8,14-15H,3-6,9-12H2,1H3. The molecule has 0 bridgehead atoms. The predicted molar refractivity (Wildman–Crippen MR) is 87.2 cm³/mol. The summed E-state index contributed by atoms with van der Waals surface area (Å²) >= 11 is 0. The Kier molecular flexibility index (Phi) is 5.27. The SMILES string of the molecule is CC(=O)N1CCC(C(=O)N2CCC(Oc3ncccn3)CC2)CC1. The maximum atomic E-state index is 12.7. The van der Waals surface area contributed by atoms with Crippen LogP contribution in [-0.4, -0.2) is 63.9 Å². The molecule has 24 heavy (non-hydrogen) atoms. The first-order valence-corrected chi connectivity index (χ1v) is 8.61. The molecule has 0 aliphatic carbocycles. The second kappa shape index (κ2) is 7.59. The lowest BCUT2D eigenvalue weighted by molar-refractivity contribution is -0.141. The average Bonchev–Trinajstić information content (AvgIpc) is 2.63. The number of hydrogen-bond donors (Lipinski definition) is 0. The number of aromatic nitrogens is 2. The molecule has 0 atom stereocenters. The van der Waals surface area contributed by atoms with Crippen LogP contribution < -0.4 is 4.74 Å². The molecule has 2 saturated heterocycles. The number of amides is 2. The molecule has 1 aromatic rings.